The van der Waals surface area contributed by atoms with Crippen LogP contribution in [0.3, 0.4) is 0 Å². The highest BCUT2D eigenvalue weighted by atomic mass is 16.5. The molecule has 0 bridgehead atoms. The Hall–Kier alpha value is -2.08. The van der Waals surface area contributed by atoms with Crippen molar-refractivity contribution >= 4 is 22.6 Å². The van der Waals surface area contributed by atoms with E-state index in [1.807, 2.05) is 22.8 Å². The molecular weight excluding hydrogens is 280 g/mol. The minimum absolute atomic E-state index is 0.0194. The van der Waals surface area contributed by atoms with E-state index in [1.54, 1.807) is 7.11 Å². The monoisotopic (exact) mass is 302 g/mol. The molecule has 3 N–H and O–H groups in total. The van der Waals surface area contributed by atoms with Gasteiger partial charge in [-0.25, -0.2) is 4.98 Å². The molecule has 1 heterocycles. The molecule has 1 saturated carbocycles. The van der Waals surface area contributed by atoms with Crippen molar-refractivity contribution in [2.75, 3.05) is 12.8 Å². The van der Waals surface area contributed by atoms with Crippen molar-refractivity contribution < 1.29 is 9.53 Å². The van der Waals surface area contributed by atoms with E-state index in [4.69, 9.17) is 10.5 Å². The van der Waals surface area contributed by atoms with Crippen LogP contribution >= 0.6 is 0 Å². The van der Waals surface area contributed by atoms with Crippen LogP contribution in [0.25, 0.3) is 11.0 Å². The Bertz CT molecular complexity index is 674. The van der Waals surface area contributed by atoms with E-state index in [0.29, 0.717) is 18.3 Å². The Morgan fingerprint density at radius 1 is 1.45 bits per heavy atom. The van der Waals surface area contributed by atoms with Gasteiger partial charge in [-0.3, -0.25) is 4.79 Å². The van der Waals surface area contributed by atoms with E-state index in [9.17, 15) is 4.79 Å². The number of carbonyl (C=O) groups excluding carboxylic acids is 1. The first-order valence-electron chi connectivity index (χ1n) is 7.71. The van der Waals surface area contributed by atoms with Gasteiger partial charge in [-0.05, 0) is 25.0 Å². The molecule has 2 aromatic rings. The van der Waals surface area contributed by atoms with E-state index in [0.717, 1.165) is 29.7 Å². The number of nitrogen functional groups attached to an aromatic ring is 1. The molecule has 0 aliphatic heterocycles. The van der Waals surface area contributed by atoms with Crippen molar-refractivity contribution in [3.8, 4) is 0 Å². The largest absolute Gasteiger partial charge is 0.397 e. The first-order valence-corrected chi connectivity index (χ1v) is 7.71. The molecule has 0 radical (unpaired) electrons. The van der Waals surface area contributed by atoms with Crippen LogP contribution in [0, 0.1) is 0 Å². The Balaban J connectivity index is 1.85. The molecule has 1 fully saturated rings. The second-order valence-corrected chi connectivity index (χ2v) is 5.81. The molecule has 0 unspecified atom stereocenters. The zero-order chi connectivity index (χ0) is 15.5. The number of methoxy groups -OCH3 is 1. The minimum Gasteiger partial charge on any atom is -0.397 e. The number of hydrogen-bond acceptors (Lipinski definition) is 4. The fourth-order valence-electron chi connectivity index (χ4n) is 3.12. The SMILES string of the molecule is COCc1nc2c(N)cccc2n1CC(=O)NC1CCCC1. The maximum absolute atomic E-state index is 12.3. The lowest BCUT2D eigenvalue weighted by molar-refractivity contribution is -0.122. The van der Waals surface area contributed by atoms with E-state index < -0.39 is 0 Å². The number of fused-ring (bicyclic) bond motifs is 1. The number of amides is 1. The predicted molar refractivity (Wildman–Crippen MR) is 85.3 cm³/mol. The third-order valence-corrected chi connectivity index (χ3v) is 4.18. The van der Waals surface area contributed by atoms with Crippen LogP contribution in [0.4, 0.5) is 5.69 Å². The van der Waals surface area contributed by atoms with Crippen molar-refractivity contribution in [1.29, 1.82) is 0 Å². The average Bonchev–Trinajstić information content (AvgIpc) is 3.10. The van der Waals surface area contributed by atoms with Gasteiger partial charge in [0, 0.05) is 13.2 Å². The van der Waals surface area contributed by atoms with Gasteiger partial charge in [-0.1, -0.05) is 18.9 Å². The molecule has 3 rings (SSSR count). The van der Waals surface area contributed by atoms with Crippen molar-refractivity contribution in [2.45, 2.75) is 44.9 Å². The highest BCUT2D eigenvalue weighted by Crippen LogP contribution is 2.22. The summed E-state index contributed by atoms with van der Waals surface area (Å²) in [5, 5.41) is 3.11. The first-order chi connectivity index (χ1) is 10.7. The Morgan fingerprint density at radius 2 is 2.23 bits per heavy atom. The van der Waals surface area contributed by atoms with Gasteiger partial charge >= 0.3 is 0 Å². The summed E-state index contributed by atoms with van der Waals surface area (Å²) in [6.07, 6.45) is 4.55. The molecule has 6 heteroatoms. The minimum atomic E-state index is 0.0194. The summed E-state index contributed by atoms with van der Waals surface area (Å²) in [7, 11) is 1.62. The van der Waals surface area contributed by atoms with Gasteiger partial charge in [-0.2, -0.15) is 0 Å². The van der Waals surface area contributed by atoms with E-state index in [1.165, 1.54) is 12.8 Å². The van der Waals surface area contributed by atoms with Crippen molar-refractivity contribution in [3.63, 3.8) is 0 Å². The third-order valence-electron chi connectivity index (χ3n) is 4.18. The number of aromatic nitrogens is 2. The summed E-state index contributed by atoms with van der Waals surface area (Å²) < 4.78 is 7.09. The molecule has 0 atom stereocenters. The summed E-state index contributed by atoms with van der Waals surface area (Å²) in [5.41, 5.74) is 8.19. The number of nitrogens with zero attached hydrogens (tertiary/aromatic N) is 2. The molecular formula is C16H22N4O2. The second kappa shape index (κ2) is 6.36. The van der Waals surface area contributed by atoms with Crippen LogP contribution in [-0.4, -0.2) is 28.6 Å². The van der Waals surface area contributed by atoms with Crippen molar-refractivity contribution in [1.82, 2.24) is 14.9 Å². The normalized spacial score (nSPS) is 15.5. The van der Waals surface area contributed by atoms with Crippen LogP contribution in [-0.2, 0) is 22.7 Å². The second-order valence-electron chi connectivity index (χ2n) is 5.81. The summed E-state index contributed by atoms with van der Waals surface area (Å²) >= 11 is 0. The number of para-hydroxylation sites is 1. The zero-order valence-electron chi connectivity index (χ0n) is 12.8. The number of anilines is 1. The van der Waals surface area contributed by atoms with Gasteiger partial charge < -0.3 is 20.4 Å². The lowest BCUT2D eigenvalue weighted by Gasteiger charge is -2.14. The Labute approximate surface area is 129 Å². The summed E-state index contributed by atoms with van der Waals surface area (Å²) in [5.74, 6) is 0.739. The number of rotatable bonds is 5. The van der Waals surface area contributed by atoms with Crippen LogP contribution in [0.5, 0.6) is 0 Å². The molecule has 0 saturated heterocycles. The highest BCUT2D eigenvalue weighted by Gasteiger charge is 2.19. The third kappa shape index (κ3) is 2.92. The van der Waals surface area contributed by atoms with Crippen LogP contribution in [0.1, 0.15) is 31.5 Å². The number of imidazole rings is 1. The molecule has 22 heavy (non-hydrogen) atoms. The highest BCUT2D eigenvalue weighted by molar-refractivity contribution is 5.89. The first kappa shape index (κ1) is 14.8. The summed E-state index contributed by atoms with van der Waals surface area (Å²) in [4.78, 5) is 16.8. The van der Waals surface area contributed by atoms with Crippen molar-refractivity contribution in [2.24, 2.45) is 0 Å². The van der Waals surface area contributed by atoms with Gasteiger partial charge in [-0.15, -0.1) is 0 Å². The van der Waals surface area contributed by atoms with Gasteiger partial charge in [0.05, 0.1) is 11.2 Å². The predicted octanol–water partition coefficient (Wildman–Crippen LogP) is 1.82. The van der Waals surface area contributed by atoms with Gasteiger partial charge in [0.2, 0.25) is 5.91 Å². The number of hydrogen-bond donors (Lipinski definition) is 2. The van der Waals surface area contributed by atoms with Crippen LogP contribution in [0.15, 0.2) is 18.2 Å². The molecule has 0 spiro atoms. The number of ether oxygens (including phenoxy) is 1. The smallest absolute Gasteiger partial charge is 0.240 e. The fraction of sp³-hybridized carbons (Fsp3) is 0.500. The van der Waals surface area contributed by atoms with Gasteiger partial charge in [0.25, 0.3) is 0 Å². The number of carbonyl (C=O) groups is 1. The Kier molecular flexibility index (Phi) is 4.29. The summed E-state index contributed by atoms with van der Waals surface area (Å²) in [6.45, 7) is 0.597. The lowest BCUT2D eigenvalue weighted by Crippen LogP contribution is -2.35. The van der Waals surface area contributed by atoms with Crippen LogP contribution in [0.2, 0.25) is 0 Å². The number of benzene rings is 1. The molecule has 1 amide bonds. The molecule has 1 aliphatic rings. The Morgan fingerprint density at radius 3 is 2.95 bits per heavy atom. The molecule has 1 aromatic carbocycles. The summed E-state index contributed by atoms with van der Waals surface area (Å²) in [6, 6.07) is 5.94. The standard InChI is InChI=1S/C16H22N4O2/c1-22-10-14-19-16-12(17)7-4-8-13(16)20(14)9-15(21)18-11-5-2-3-6-11/h4,7-8,11H,2-3,5-6,9-10,17H2,1H3,(H,18,21). The van der Waals surface area contributed by atoms with Gasteiger partial charge in [0.1, 0.15) is 24.5 Å². The van der Waals surface area contributed by atoms with Crippen molar-refractivity contribution in [3.05, 3.63) is 24.0 Å². The lowest BCUT2D eigenvalue weighted by atomic mass is 10.2. The number of nitrogens with one attached hydrogen (secondary N) is 1. The maximum Gasteiger partial charge on any atom is 0.240 e. The van der Waals surface area contributed by atoms with E-state index in [-0.39, 0.29) is 12.5 Å². The fourth-order valence-corrected chi connectivity index (χ4v) is 3.12. The van der Waals surface area contributed by atoms with Crippen LogP contribution < -0.4 is 11.1 Å². The quantitative estimate of drug-likeness (QED) is 0.825. The number of nitrogens with two attached hydrogens (primary N) is 1. The maximum atomic E-state index is 12.3. The van der Waals surface area contributed by atoms with E-state index in [2.05, 4.69) is 10.3 Å². The molecule has 1 aromatic heterocycles. The van der Waals surface area contributed by atoms with Gasteiger partial charge in [0.15, 0.2) is 0 Å². The topological polar surface area (TPSA) is 82.2 Å². The zero-order valence-corrected chi connectivity index (χ0v) is 12.8. The van der Waals surface area contributed by atoms with E-state index >= 15 is 0 Å². The molecule has 1 aliphatic carbocycles. The molecule has 6 nitrogen and oxygen atoms in total. The average molecular weight is 302 g/mol. The molecule has 118 valence electrons.